The molecule has 0 bridgehead atoms. The molecule has 33 heavy (non-hydrogen) atoms. The maximum Gasteiger partial charge on any atom is 0.224 e. The molecule has 0 unspecified atom stereocenters. The number of nitrogens with one attached hydrogen (secondary N) is 1. The number of fused-ring (bicyclic) bond motifs is 1. The van der Waals surface area contributed by atoms with Crippen LogP contribution in [0, 0.1) is 17.1 Å². The summed E-state index contributed by atoms with van der Waals surface area (Å²) in [4.78, 5) is 28.8. The van der Waals surface area contributed by atoms with Gasteiger partial charge in [0.1, 0.15) is 29.6 Å². The number of amides is 1. The molecule has 0 saturated heterocycles. The van der Waals surface area contributed by atoms with Gasteiger partial charge in [0.15, 0.2) is 5.78 Å². The molecule has 2 aromatic carbocycles. The second-order valence-electron chi connectivity index (χ2n) is 7.31. The average Bonchev–Trinajstić information content (AvgIpc) is 3.44. The van der Waals surface area contributed by atoms with Crippen LogP contribution >= 0.6 is 0 Å². The van der Waals surface area contributed by atoms with Crippen molar-refractivity contribution in [2.24, 2.45) is 0 Å². The molecule has 1 N–H and O–H groups in total. The predicted octanol–water partition coefficient (Wildman–Crippen LogP) is 2.41. The van der Waals surface area contributed by atoms with Gasteiger partial charge in [0.2, 0.25) is 5.91 Å². The Kier molecular flexibility index (Phi) is 5.82. The number of hydrogen-bond acceptors (Lipinski definition) is 8. The van der Waals surface area contributed by atoms with Crippen molar-refractivity contribution in [3.8, 4) is 11.8 Å². The lowest BCUT2D eigenvalue weighted by Crippen LogP contribution is -2.26. The van der Waals surface area contributed by atoms with Crippen molar-refractivity contribution in [3.05, 3.63) is 66.0 Å². The number of benzene rings is 2. The number of allylic oxidation sites excluding steroid dienone is 1. The summed E-state index contributed by atoms with van der Waals surface area (Å²) in [6.07, 6.45) is 0.917. The Morgan fingerprint density at radius 3 is 2.39 bits per heavy atom. The highest BCUT2D eigenvalue weighted by atomic mass is 19.1. The van der Waals surface area contributed by atoms with Crippen LogP contribution in [-0.2, 0) is 9.59 Å². The number of anilines is 3. The number of carbonyl (C=O) groups is 2. The quantitative estimate of drug-likeness (QED) is 0.453. The lowest BCUT2D eigenvalue weighted by molar-refractivity contribution is -0.120. The second-order valence-corrected chi connectivity index (χ2v) is 7.31. The number of para-hydroxylation sites is 2. The van der Waals surface area contributed by atoms with E-state index < -0.39 is 17.5 Å². The standard InChI is InChI=1S/C22H19FN8O2/c1-29-18-5-3-4-6-19(18)30(2)22(29)15(12-24)20(32)9-10-21(33)26-17-11-14(7-8-16(17)23)31-13-25-27-28-31/h3-8,11,13H,9-10H2,1-2H3,(H,26,33). The van der Waals surface area contributed by atoms with E-state index in [1.54, 1.807) is 23.9 Å². The summed E-state index contributed by atoms with van der Waals surface area (Å²) in [6, 6.07) is 13.5. The summed E-state index contributed by atoms with van der Waals surface area (Å²) in [5.41, 5.74) is 2.08. The lowest BCUT2D eigenvalue weighted by atomic mass is 10.1. The first-order valence-electron chi connectivity index (χ1n) is 9.97. The summed E-state index contributed by atoms with van der Waals surface area (Å²) in [6.45, 7) is 0. The monoisotopic (exact) mass is 446 g/mol. The number of hydrogen-bond donors (Lipinski definition) is 1. The van der Waals surface area contributed by atoms with Crippen LogP contribution in [-0.4, -0.2) is 46.0 Å². The minimum atomic E-state index is -0.640. The van der Waals surface area contributed by atoms with Crippen LogP contribution in [0.1, 0.15) is 12.8 Å². The molecule has 1 aromatic heterocycles. The molecule has 0 radical (unpaired) electrons. The molecule has 1 amide bonds. The maximum absolute atomic E-state index is 14.2. The van der Waals surface area contributed by atoms with Crippen LogP contribution in [0.3, 0.4) is 0 Å². The highest BCUT2D eigenvalue weighted by Crippen LogP contribution is 2.40. The Balaban J connectivity index is 1.46. The first-order valence-corrected chi connectivity index (χ1v) is 9.97. The Labute approximate surface area is 188 Å². The minimum absolute atomic E-state index is 0.0455. The number of Topliss-reactive ketones (excluding diaryl/α,β-unsaturated/α-hetero) is 1. The van der Waals surface area contributed by atoms with Crippen LogP contribution in [0.5, 0.6) is 0 Å². The number of halogens is 1. The van der Waals surface area contributed by atoms with Gasteiger partial charge in [-0.25, -0.2) is 9.07 Å². The molecule has 1 aliphatic rings. The highest BCUT2D eigenvalue weighted by Gasteiger charge is 2.31. The van der Waals surface area contributed by atoms with Crippen LogP contribution in [0.25, 0.3) is 5.69 Å². The molecule has 4 rings (SSSR count). The molecule has 0 fully saturated rings. The number of tetrazole rings is 1. The molecule has 1 aliphatic heterocycles. The molecule has 0 aliphatic carbocycles. The zero-order valence-corrected chi connectivity index (χ0v) is 17.9. The second kappa shape index (κ2) is 8.88. The largest absolute Gasteiger partial charge is 0.328 e. The van der Waals surface area contributed by atoms with Crippen molar-refractivity contribution in [1.82, 2.24) is 20.2 Å². The number of aromatic nitrogens is 4. The van der Waals surface area contributed by atoms with E-state index in [-0.39, 0.29) is 24.1 Å². The first kappa shape index (κ1) is 21.6. The fourth-order valence-corrected chi connectivity index (χ4v) is 3.65. The third kappa shape index (κ3) is 4.14. The van der Waals surface area contributed by atoms with Gasteiger partial charge in [-0.3, -0.25) is 9.59 Å². The minimum Gasteiger partial charge on any atom is -0.328 e. The smallest absolute Gasteiger partial charge is 0.224 e. The predicted molar refractivity (Wildman–Crippen MR) is 118 cm³/mol. The number of nitrogens with zero attached hydrogens (tertiary/aromatic N) is 7. The summed E-state index contributed by atoms with van der Waals surface area (Å²) in [7, 11) is 3.55. The van der Waals surface area contributed by atoms with Gasteiger partial charge in [-0.05, 0) is 40.8 Å². The third-order valence-corrected chi connectivity index (χ3v) is 5.27. The van der Waals surface area contributed by atoms with Crippen LogP contribution in [0.2, 0.25) is 0 Å². The molecule has 2 heterocycles. The van der Waals surface area contributed by atoms with Gasteiger partial charge < -0.3 is 15.1 Å². The fraction of sp³-hybridized carbons (Fsp3) is 0.182. The topological polar surface area (TPSA) is 120 Å². The number of rotatable bonds is 6. The Hall–Kier alpha value is -4.59. The Morgan fingerprint density at radius 2 is 1.79 bits per heavy atom. The van der Waals surface area contributed by atoms with Gasteiger partial charge in [-0.1, -0.05) is 12.1 Å². The molecule has 0 atom stereocenters. The molecule has 3 aromatic rings. The van der Waals surface area contributed by atoms with Crippen molar-refractivity contribution < 1.29 is 14.0 Å². The molecular formula is C22H19FN8O2. The first-order chi connectivity index (χ1) is 15.9. The van der Waals surface area contributed by atoms with Gasteiger partial charge in [0.25, 0.3) is 0 Å². The van der Waals surface area contributed by atoms with Crippen LogP contribution in [0.15, 0.2) is 60.2 Å². The number of nitriles is 1. The van der Waals surface area contributed by atoms with E-state index in [1.165, 1.54) is 29.2 Å². The molecule has 11 heteroatoms. The van der Waals surface area contributed by atoms with Gasteiger partial charge in [0, 0.05) is 26.9 Å². The van der Waals surface area contributed by atoms with Crippen molar-refractivity contribution in [1.29, 1.82) is 5.26 Å². The summed E-state index contributed by atoms with van der Waals surface area (Å²) < 4.78 is 15.5. The third-order valence-electron chi connectivity index (χ3n) is 5.27. The summed E-state index contributed by atoms with van der Waals surface area (Å²) in [5.74, 6) is -1.23. The summed E-state index contributed by atoms with van der Waals surface area (Å²) >= 11 is 0. The van der Waals surface area contributed by atoms with Crippen molar-refractivity contribution >= 4 is 28.8 Å². The number of carbonyl (C=O) groups excluding carboxylic acids is 2. The van der Waals surface area contributed by atoms with E-state index in [9.17, 15) is 19.2 Å². The van der Waals surface area contributed by atoms with Crippen molar-refractivity contribution in [3.63, 3.8) is 0 Å². The molecule has 0 spiro atoms. The Bertz CT molecular complexity index is 1260. The van der Waals surface area contributed by atoms with E-state index in [4.69, 9.17) is 0 Å². The van der Waals surface area contributed by atoms with Gasteiger partial charge >= 0.3 is 0 Å². The zero-order chi connectivity index (χ0) is 23.5. The van der Waals surface area contributed by atoms with Crippen LogP contribution in [0.4, 0.5) is 21.5 Å². The summed E-state index contributed by atoms with van der Waals surface area (Å²) in [5, 5.41) is 22.9. The van der Waals surface area contributed by atoms with Gasteiger partial charge in [0.05, 0.1) is 22.7 Å². The van der Waals surface area contributed by atoms with E-state index in [0.717, 1.165) is 11.4 Å². The molecule has 0 saturated carbocycles. The average molecular weight is 446 g/mol. The normalized spacial score (nSPS) is 12.4. The zero-order valence-electron chi connectivity index (χ0n) is 17.9. The van der Waals surface area contributed by atoms with Crippen LogP contribution < -0.4 is 15.1 Å². The maximum atomic E-state index is 14.2. The van der Waals surface area contributed by atoms with Crippen molar-refractivity contribution in [2.75, 3.05) is 29.2 Å². The van der Waals surface area contributed by atoms with Gasteiger partial charge in [-0.2, -0.15) is 5.26 Å². The Morgan fingerprint density at radius 1 is 1.09 bits per heavy atom. The number of ketones is 1. The van der Waals surface area contributed by atoms with Gasteiger partial charge in [-0.15, -0.1) is 5.10 Å². The fourth-order valence-electron chi connectivity index (χ4n) is 3.65. The SMILES string of the molecule is CN1C(=C(C#N)C(=O)CCC(=O)Nc2cc(-n3cnnn3)ccc2F)N(C)c2ccccc21. The molecule has 10 nitrogen and oxygen atoms in total. The molecule has 166 valence electrons. The van der Waals surface area contributed by atoms with Crippen molar-refractivity contribution in [2.45, 2.75) is 12.8 Å². The van der Waals surface area contributed by atoms with E-state index in [2.05, 4.69) is 20.8 Å². The van der Waals surface area contributed by atoms with E-state index in [1.807, 2.05) is 30.3 Å². The highest BCUT2D eigenvalue weighted by molar-refractivity contribution is 6.04. The van der Waals surface area contributed by atoms with E-state index >= 15 is 0 Å². The lowest BCUT2D eigenvalue weighted by Gasteiger charge is -2.19. The molecular weight excluding hydrogens is 427 g/mol. The van der Waals surface area contributed by atoms with E-state index in [0.29, 0.717) is 11.5 Å².